The zero-order valence-corrected chi connectivity index (χ0v) is 18.5. The Morgan fingerprint density at radius 2 is 1.77 bits per heavy atom. The van der Waals surface area contributed by atoms with Crippen molar-refractivity contribution in [1.82, 2.24) is 4.90 Å². The van der Waals surface area contributed by atoms with Gasteiger partial charge in [-0.3, -0.25) is 4.79 Å². The van der Waals surface area contributed by atoms with Gasteiger partial charge >= 0.3 is 0 Å². The number of benzene rings is 3. The third-order valence-corrected chi connectivity index (χ3v) is 5.88. The van der Waals surface area contributed by atoms with Gasteiger partial charge in [-0.25, -0.2) is 0 Å². The van der Waals surface area contributed by atoms with Gasteiger partial charge in [-0.15, -0.1) is 0 Å². The molecule has 0 spiro atoms. The van der Waals surface area contributed by atoms with Crippen LogP contribution < -0.4 is 4.74 Å². The predicted octanol–water partition coefficient (Wildman–Crippen LogP) is 6.16. The van der Waals surface area contributed by atoms with Gasteiger partial charge in [-0.2, -0.15) is 0 Å². The highest BCUT2D eigenvalue weighted by molar-refractivity contribution is 9.10. The molecule has 0 unspecified atom stereocenters. The van der Waals surface area contributed by atoms with Crippen LogP contribution in [0.3, 0.4) is 0 Å². The summed E-state index contributed by atoms with van der Waals surface area (Å²) in [6.45, 7) is 0.348. The third kappa shape index (κ3) is 3.95. The van der Waals surface area contributed by atoms with Crippen molar-refractivity contribution in [2.24, 2.45) is 0 Å². The number of rotatable bonds is 5. The Kier molecular flexibility index (Phi) is 5.84. The van der Waals surface area contributed by atoms with Crippen LogP contribution in [0.15, 0.2) is 83.0 Å². The standard InChI is InChI=1S/C24H19BrClNO3/c1-30-20-11-5-15(6-12-20)14-27-22(17-3-2-4-18(25)13-17)21(23(28)24(27)29)16-7-9-19(26)10-8-16/h2-13,22,28H,14H2,1H3/t22-/m1/s1. The van der Waals surface area contributed by atoms with Crippen molar-refractivity contribution in [3.63, 3.8) is 0 Å². The summed E-state index contributed by atoms with van der Waals surface area (Å²) in [6.07, 6.45) is 0. The molecule has 6 heteroatoms. The number of halogens is 2. The van der Waals surface area contributed by atoms with Crippen LogP contribution in [0, 0.1) is 0 Å². The average molecular weight is 485 g/mol. The molecule has 1 atom stereocenters. The van der Waals surface area contributed by atoms with Crippen LogP contribution in [0.2, 0.25) is 5.02 Å². The summed E-state index contributed by atoms with van der Waals surface area (Å²) in [5.74, 6) is 0.106. The van der Waals surface area contributed by atoms with E-state index in [4.69, 9.17) is 16.3 Å². The fraction of sp³-hybridized carbons (Fsp3) is 0.125. The van der Waals surface area contributed by atoms with Crippen LogP contribution >= 0.6 is 27.5 Å². The molecule has 1 amide bonds. The molecular formula is C24H19BrClNO3. The number of carbonyl (C=O) groups is 1. The Morgan fingerprint density at radius 3 is 2.40 bits per heavy atom. The SMILES string of the molecule is COc1ccc(CN2C(=O)C(O)=C(c3ccc(Cl)cc3)[C@H]2c2cccc(Br)c2)cc1. The van der Waals surface area contributed by atoms with Crippen LogP contribution in [0.25, 0.3) is 5.57 Å². The molecule has 1 aliphatic rings. The van der Waals surface area contributed by atoms with Crippen LogP contribution in [0.1, 0.15) is 22.7 Å². The lowest BCUT2D eigenvalue weighted by Crippen LogP contribution is -2.29. The second-order valence-corrected chi connectivity index (χ2v) is 8.36. The maximum Gasteiger partial charge on any atom is 0.290 e. The van der Waals surface area contributed by atoms with Crippen LogP contribution in [0.5, 0.6) is 5.75 Å². The largest absolute Gasteiger partial charge is 0.503 e. The number of carbonyl (C=O) groups excluding carboxylic acids is 1. The summed E-state index contributed by atoms with van der Waals surface area (Å²) in [4.78, 5) is 14.8. The van der Waals surface area contributed by atoms with Crippen LogP contribution in [-0.4, -0.2) is 23.0 Å². The zero-order chi connectivity index (χ0) is 21.3. The molecule has 30 heavy (non-hydrogen) atoms. The van der Waals surface area contributed by atoms with E-state index in [-0.39, 0.29) is 5.76 Å². The Balaban J connectivity index is 1.78. The minimum absolute atomic E-state index is 0.240. The molecular weight excluding hydrogens is 466 g/mol. The molecule has 3 aromatic rings. The molecule has 0 radical (unpaired) electrons. The minimum Gasteiger partial charge on any atom is -0.503 e. The molecule has 0 fully saturated rings. The van der Waals surface area contributed by atoms with E-state index < -0.39 is 11.9 Å². The van der Waals surface area contributed by atoms with Crippen molar-refractivity contribution in [1.29, 1.82) is 0 Å². The lowest BCUT2D eigenvalue weighted by Gasteiger charge is -2.27. The number of aliphatic hydroxyl groups is 1. The minimum atomic E-state index is -0.432. The number of hydrogen-bond acceptors (Lipinski definition) is 3. The summed E-state index contributed by atoms with van der Waals surface area (Å²) in [7, 11) is 1.61. The highest BCUT2D eigenvalue weighted by Gasteiger charge is 2.41. The quantitative estimate of drug-likeness (QED) is 0.471. The summed E-state index contributed by atoms with van der Waals surface area (Å²) in [5.41, 5.74) is 3.17. The number of ether oxygens (including phenoxy) is 1. The van der Waals surface area contributed by atoms with Gasteiger partial charge in [-0.1, -0.05) is 63.9 Å². The predicted molar refractivity (Wildman–Crippen MR) is 121 cm³/mol. The van der Waals surface area contributed by atoms with Crippen LogP contribution in [-0.2, 0) is 11.3 Å². The van der Waals surface area contributed by atoms with E-state index in [1.54, 1.807) is 24.1 Å². The average Bonchev–Trinajstić information content (AvgIpc) is 3.00. The number of amides is 1. The molecule has 0 saturated heterocycles. The van der Waals surface area contributed by atoms with E-state index in [1.165, 1.54) is 0 Å². The summed E-state index contributed by atoms with van der Waals surface area (Å²) >= 11 is 9.56. The lowest BCUT2D eigenvalue weighted by molar-refractivity contribution is -0.130. The molecule has 4 nitrogen and oxygen atoms in total. The van der Waals surface area contributed by atoms with E-state index in [1.807, 2.05) is 60.7 Å². The monoisotopic (exact) mass is 483 g/mol. The first-order chi connectivity index (χ1) is 14.5. The molecule has 0 aromatic heterocycles. The van der Waals surface area contributed by atoms with Crippen molar-refractivity contribution in [3.05, 3.63) is 105 Å². The normalized spacial score (nSPS) is 16.3. The summed E-state index contributed by atoms with van der Waals surface area (Å²) in [6, 6.07) is 22.1. The van der Waals surface area contributed by atoms with E-state index >= 15 is 0 Å². The molecule has 4 rings (SSSR count). The van der Waals surface area contributed by atoms with Gasteiger partial charge in [0.05, 0.1) is 13.2 Å². The maximum absolute atomic E-state index is 13.1. The number of hydrogen-bond donors (Lipinski definition) is 1. The highest BCUT2D eigenvalue weighted by Crippen LogP contribution is 2.44. The second kappa shape index (κ2) is 8.54. The van der Waals surface area contributed by atoms with Crippen molar-refractivity contribution >= 4 is 39.0 Å². The number of aliphatic hydroxyl groups excluding tert-OH is 1. The first-order valence-electron chi connectivity index (χ1n) is 9.36. The molecule has 152 valence electrons. The fourth-order valence-electron chi connectivity index (χ4n) is 3.69. The van der Waals surface area contributed by atoms with Gasteiger partial charge in [-0.05, 0) is 53.1 Å². The van der Waals surface area contributed by atoms with Gasteiger partial charge in [0, 0.05) is 21.6 Å². The summed E-state index contributed by atoms with van der Waals surface area (Å²) in [5, 5.41) is 11.4. The lowest BCUT2D eigenvalue weighted by atomic mass is 9.93. The molecule has 0 bridgehead atoms. The Hall–Kier alpha value is -2.76. The van der Waals surface area contributed by atoms with E-state index in [2.05, 4.69) is 15.9 Å². The molecule has 0 aliphatic carbocycles. The van der Waals surface area contributed by atoms with Crippen molar-refractivity contribution < 1.29 is 14.6 Å². The third-order valence-electron chi connectivity index (χ3n) is 5.14. The molecule has 1 heterocycles. The Labute approximate surface area is 188 Å². The smallest absolute Gasteiger partial charge is 0.290 e. The molecule has 1 N–H and O–H groups in total. The zero-order valence-electron chi connectivity index (χ0n) is 16.2. The highest BCUT2D eigenvalue weighted by atomic mass is 79.9. The van der Waals surface area contributed by atoms with E-state index in [0.29, 0.717) is 17.1 Å². The number of methoxy groups -OCH3 is 1. The number of nitrogens with zero attached hydrogens (tertiary/aromatic N) is 1. The van der Waals surface area contributed by atoms with Gasteiger partial charge in [0.1, 0.15) is 5.75 Å². The van der Waals surface area contributed by atoms with Gasteiger partial charge in [0.15, 0.2) is 5.76 Å². The van der Waals surface area contributed by atoms with Crippen molar-refractivity contribution in [3.8, 4) is 5.75 Å². The molecule has 1 aliphatic heterocycles. The second-order valence-electron chi connectivity index (χ2n) is 7.01. The van der Waals surface area contributed by atoms with Crippen molar-refractivity contribution in [2.75, 3.05) is 7.11 Å². The molecule has 0 saturated carbocycles. The van der Waals surface area contributed by atoms with Gasteiger partial charge in [0.25, 0.3) is 5.91 Å². The van der Waals surface area contributed by atoms with Crippen molar-refractivity contribution in [2.45, 2.75) is 12.6 Å². The van der Waals surface area contributed by atoms with E-state index in [0.717, 1.165) is 26.9 Å². The molecule has 3 aromatic carbocycles. The first kappa shape index (κ1) is 20.5. The first-order valence-corrected chi connectivity index (χ1v) is 10.5. The summed E-state index contributed by atoms with van der Waals surface area (Å²) < 4.78 is 6.12. The van der Waals surface area contributed by atoms with Crippen LogP contribution in [0.4, 0.5) is 0 Å². The fourth-order valence-corrected chi connectivity index (χ4v) is 4.23. The maximum atomic E-state index is 13.1. The van der Waals surface area contributed by atoms with Gasteiger partial charge in [0.2, 0.25) is 0 Å². The van der Waals surface area contributed by atoms with E-state index in [9.17, 15) is 9.90 Å². The van der Waals surface area contributed by atoms with Gasteiger partial charge < -0.3 is 14.7 Å². The topological polar surface area (TPSA) is 49.8 Å². The Morgan fingerprint density at radius 1 is 1.07 bits per heavy atom. The Bertz CT molecular complexity index is 1110.